The van der Waals surface area contributed by atoms with E-state index in [1.165, 1.54) is 11.3 Å². The summed E-state index contributed by atoms with van der Waals surface area (Å²) in [5.74, 6) is 0.0644. The number of amides is 2. The SMILES string of the molecule is CCNC(=O)CN1CCN(C(=O)c2cnc(-c3ccccc3)s2)CC1. The molecule has 3 rings (SSSR count). The predicted octanol–water partition coefficient (Wildman–Crippen LogP) is 1.70. The van der Waals surface area contributed by atoms with E-state index in [-0.39, 0.29) is 11.8 Å². The molecule has 25 heavy (non-hydrogen) atoms. The number of piperazine rings is 1. The first-order chi connectivity index (χ1) is 12.2. The molecule has 1 aliphatic heterocycles. The number of hydrogen-bond acceptors (Lipinski definition) is 5. The lowest BCUT2D eigenvalue weighted by molar-refractivity contribution is -0.122. The Hall–Kier alpha value is -2.25. The summed E-state index contributed by atoms with van der Waals surface area (Å²) in [5, 5.41) is 3.66. The van der Waals surface area contributed by atoms with Crippen molar-refractivity contribution in [3.8, 4) is 10.6 Å². The van der Waals surface area contributed by atoms with Gasteiger partial charge >= 0.3 is 0 Å². The second-order valence-corrected chi connectivity index (χ2v) is 6.95. The van der Waals surface area contributed by atoms with E-state index in [1.807, 2.05) is 42.2 Å². The molecule has 132 valence electrons. The van der Waals surface area contributed by atoms with Crippen molar-refractivity contribution in [1.29, 1.82) is 0 Å². The average Bonchev–Trinajstić information content (AvgIpc) is 3.13. The Balaban J connectivity index is 1.56. The minimum Gasteiger partial charge on any atom is -0.355 e. The van der Waals surface area contributed by atoms with Gasteiger partial charge in [-0.1, -0.05) is 30.3 Å². The summed E-state index contributed by atoms with van der Waals surface area (Å²) in [4.78, 5) is 33.3. The highest BCUT2D eigenvalue weighted by Gasteiger charge is 2.24. The summed E-state index contributed by atoms with van der Waals surface area (Å²) in [6.07, 6.45) is 1.66. The number of aromatic nitrogens is 1. The Morgan fingerprint density at radius 2 is 1.88 bits per heavy atom. The molecule has 1 N–H and O–H groups in total. The molecule has 1 fully saturated rings. The summed E-state index contributed by atoms with van der Waals surface area (Å²) in [7, 11) is 0. The zero-order valence-electron chi connectivity index (χ0n) is 14.3. The standard InChI is InChI=1S/C18H22N4O2S/c1-2-19-16(23)13-21-8-10-22(11-9-21)18(24)15-12-20-17(25-15)14-6-4-3-5-7-14/h3-7,12H,2,8-11,13H2,1H3,(H,19,23). The van der Waals surface area contributed by atoms with Crippen LogP contribution >= 0.6 is 11.3 Å². The van der Waals surface area contributed by atoms with Gasteiger partial charge in [0.1, 0.15) is 9.88 Å². The van der Waals surface area contributed by atoms with E-state index >= 15 is 0 Å². The molecule has 0 atom stereocenters. The maximum absolute atomic E-state index is 12.7. The monoisotopic (exact) mass is 358 g/mol. The molecule has 7 heteroatoms. The van der Waals surface area contributed by atoms with Crippen molar-refractivity contribution in [2.75, 3.05) is 39.3 Å². The van der Waals surface area contributed by atoms with Crippen molar-refractivity contribution in [3.63, 3.8) is 0 Å². The number of hydrogen-bond donors (Lipinski definition) is 1. The van der Waals surface area contributed by atoms with Gasteiger partial charge in [-0.2, -0.15) is 0 Å². The van der Waals surface area contributed by atoms with E-state index in [4.69, 9.17) is 0 Å². The van der Waals surface area contributed by atoms with Crippen LogP contribution in [0.4, 0.5) is 0 Å². The zero-order valence-corrected chi connectivity index (χ0v) is 15.1. The van der Waals surface area contributed by atoms with E-state index in [9.17, 15) is 9.59 Å². The topological polar surface area (TPSA) is 65.5 Å². The first kappa shape index (κ1) is 17.6. The van der Waals surface area contributed by atoms with Gasteiger partial charge in [0.2, 0.25) is 5.91 Å². The van der Waals surface area contributed by atoms with Crippen molar-refractivity contribution in [2.45, 2.75) is 6.92 Å². The van der Waals surface area contributed by atoms with Gasteiger partial charge in [-0.25, -0.2) is 4.98 Å². The number of nitrogens with zero attached hydrogens (tertiary/aromatic N) is 3. The molecule has 1 saturated heterocycles. The van der Waals surface area contributed by atoms with Crippen LogP contribution in [0.3, 0.4) is 0 Å². The minimum atomic E-state index is 0.0253. The van der Waals surface area contributed by atoms with Gasteiger partial charge in [-0.15, -0.1) is 11.3 Å². The van der Waals surface area contributed by atoms with Gasteiger partial charge in [-0.3, -0.25) is 14.5 Å². The molecule has 0 spiro atoms. The number of thiazole rings is 1. The van der Waals surface area contributed by atoms with E-state index in [1.54, 1.807) is 6.20 Å². The Bertz CT molecular complexity index is 724. The van der Waals surface area contributed by atoms with Crippen LogP contribution in [0.15, 0.2) is 36.5 Å². The van der Waals surface area contributed by atoms with Gasteiger partial charge in [0.25, 0.3) is 5.91 Å². The largest absolute Gasteiger partial charge is 0.355 e. The molecule has 0 unspecified atom stereocenters. The lowest BCUT2D eigenvalue weighted by Gasteiger charge is -2.34. The molecule has 2 heterocycles. The number of nitrogens with one attached hydrogen (secondary N) is 1. The van der Waals surface area contributed by atoms with Crippen LogP contribution in [0, 0.1) is 0 Å². The first-order valence-electron chi connectivity index (χ1n) is 8.47. The second-order valence-electron chi connectivity index (χ2n) is 5.92. The average molecular weight is 358 g/mol. The number of carbonyl (C=O) groups excluding carboxylic acids is 2. The molecule has 0 aliphatic carbocycles. The fraction of sp³-hybridized carbons (Fsp3) is 0.389. The van der Waals surface area contributed by atoms with Gasteiger partial charge in [0, 0.05) is 38.3 Å². The van der Waals surface area contributed by atoms with Gasteiger partial charge in [0.15, 0.2) is 0 Å². The zero-order chi connectivity index (χ0) is 17.6. The molecule has 6 nitrogen and oxygen atoms in total. The number of benzene rings is 1. The van der Waals surface area contributed by atoms with E-state index < -0.39 is 0 Å². The summed E-state index contributed by atoms with van der Waals surface area (Å²) >= 11 is 1.43. The van der Waals surface area contributed by atoms with Crippen LogP contribution in [0.25, 0.3) is 10.6 Å². The molecule has 2 amide bonds. The van der Waals surface area contributed by atoms with Crippen LogP contribution in [-0.2, 0) is 4.79 Å². The Morgan fingerprint density at radius 1 is 1.16 bits per heavy atom. The lowest BCUT2D eigenvalue weighted by Crippen LogP contribution is -2.51. The maximum Gasteiger partial charge on any atom is 0.265 e. The summed E-state index contributed by atoms with van der Waals surface area (Å²) in [5.41, 5.74) is 1.03. The van der Waals surface area contributed by atoms with Gasteiger partial charge in [-0.05, 0) is 6.92 Å². The second kappa shape index (κ2) is 8.22. The Labute approximate surface area is 151 Å². The summed E-state index contributed by atoms with van der Waals surface area (Å²) < 4.78 is 0. The highest BCUT2D eigenvalue weighted by molar-refractivity contribution is 7.16. The Kier molecular flexibility index (Phi) is 5.78. The lowest BCUT2D eigenvalue weighted by atomic mass is 10.2. The summed E-state index contributed by atoms with van der Waals surface area (Å²) in [6.45, 7) is 5.66. The highest BCUT2D eigenvalue weighted by atomic mass is 32.1. The minimum absolute atomic E-state index is 0.0253. The quantitative estimate of drug-likeness (QED) is 0.884. The molecule has 1 aromatic carbocycles. The molecular weight excluding hydrogens is 336 g/mol. The van der Waals surface area contributed by atoms with E-state index in [0.717, 1.165) is 10.6 Å². The number of likely N-dealkylation sites (N-methyl/N-ethyl adjacent to an activating group) is 1. The summed E-state index contributed by atoms with van der Waals surface area (Å²) in [6, 6.07) is 9.88. The van der Waals surface area contributed by atoms with Gasteiger partial charge in [0.05, 0.1) is 12.7 Å². The van der Waals surface area contributed by atoms with Crippen molar-refractivity contribution in [2.24, 2.45) is 0 Å². The fourth-order valence-electron chi connectivity index (χ4n) is 2.81. The third-order valence-electron chi connectivity index (χ3n) is 4.14. The molecule has 1 aromatic heterocycles. The van der Waals surface area contributed by atoms with Crippen molar-refractivity contribution in [1.82, 2.24) is 20.1 Å². The maximum atomic E-state index is 12.7. The molecule has 0 saturated carbocycles. The van der Waals surface area contributed by atoms with Crippen LogP contribution in [-0.4, -0.2) is 65.9 Å². The first-order valence-corrected chi connectivity index (χ1v) is 9.28. The molecule has 2 aromatic rings. The molecule has 0 radical (unpaired) electrons. The third-order valence-corrected chi connectivity index (χ3v) is 5.17. The van der Waals surface area contributed by atoms with Crippen LogP contribution in [0.1, 0.15) is 16.6 Å². The van der Waals surface area contributed by atoms with Crippen molar-refractivity contribution >= 4 is 23.2 Å². The molecular formula is C18H22N4O2S. The van der Waals surface area contributed by atoms with Crippen LogP contribution in [0.2, 0.25) is 0 Å². The van der Waals surface area contributed by atoms with E-state index in [2.05, 4.69) is 15.2 Å². The van der Waals surface area contributed by atoms with Crippen molar-refractivity contribution < 1.29 is 9.59 Å². The van der Waals surface area contributed by atoms with Crippen LogP contribution in [0.5, 0.6) is 0 Å². The fourth-order valence-corrected chi connectivity index (χ4v) is 3.70. The Morgan fingerprint density at radius 3 is 2.56 bits per heavy atom. The third kappa shape index (κ3) is 4.43. The van der Waals surface area contributed by atoms with E-state index in [0.29, 0.717) is 44.1 Å². The van der Waals surface area contributed by atoms with Crippen molar-refractivity contribution in [3.05, 3.63) is 41.4 Å². The number of rotatable bonds is 5. The van der Waals surface area contributed by atoms with Gasteiger partial charge < -0.3 is 10.2 Å². The normalized spacial score (nSPS) is 15.2. The predicted molar refractivity (Wildman–Crippen MR) is 98.6 cm³/mol. The molecule has 1 aliphatic rings. The van der Waals surface area contributed by atoms with Crippen LogP contribution < -0.4 is 5.32 Å². The highest BCUT2D eigenvalue weighted by Crippen LogP contribution is 2.25. The molecule has 0 bridgehead atoms. The number of carbonyl (C=O) groups is 2. The smallest absolute Gasteiger partial charge is 0.265 e.